The molecule has 1 fully saturated rings. The third-order valence-corrected chi connectivity index (χ3v) is 5.40. The summed E-state index contributed by atoms with van der Waals surface area (Å²) in [6.45, 7) is 3.28. The first-order valence-electron chi connectivity index (χ1n) is 9.78. The van der Waals surface area contributed by atoms with Crippen molar-refractivity contribution in [3.05, 3.63) is 106 Å². The van der Waals surface area contributed by atoms with Crippen LogP contribution in [-0.2, 0) is 9.59 Å². The van der Waals surface area contributed by atoms with E-state index < -0.39 is 46.6 Å². The normalized spacial score (nSPS) is 17.8. The van der Waals surface area contributed by atoms with Crippen LogP contribution < -0.4 is 4.90 Å². The number of carbonyl (C=O) groups excluding carboxylic acids is 2. The van der Waals surface area contributed by atoms with E-state index in [-0.39, 0.29) is 16.7 Å². The maximum absolute atomic E-state index is 14.6. The largest absolute Gasteiger partial charge is 0.507 e. The second-order valence-electron chi connectivity index (χ2n) is 7.64. The molecule has 3 aromatic rings. The van der Waals surface area contributed by atoms with Crippen LogP contribution in [0.2, 0.25) is 0 Å². The molecule has 1 amide bonds. The average molecular weight is 437 g/mol. The summed E-state index contributed by atoms with van der Waals surface area (Å²) in [6.07, 6.45) is 0. The summed E-state index contributed by atoms with van der Waals surface area (Å²) >= 11 is 0. The summed E-state index contributed by atoms with van der Waals surface area (Å²) < 4.78 is 42.3. The summed E-state index contributed by atoms with van der Waals surface area (Å²) in [5.74, 6) is -4.89. The summed E-state index contributed by atoms with van der Waals surface area (Å²) in [5, 5.41) is 11.0. The minimum atomic E-state index is -1.21. The van der Waals surface area contributed by atoms with E-state index in [1.165, 1.54) is 19.1 Å². The molecule has 4 nitrogen and oxygen atoms in total. The highest BCUT2D eigenvalue weighted by atomic mass is 19.1. The van der Waals surface area contributed by atoms with Crippen molar-refractivity contribution in [1.82, 2.24) is 0 Å². The van der Waals surface area contributed by atoms with Crippen LogP contribution in [0.4, 0.5) is 18.9 Å². The Morgan fingerprint density at radius 2 is 1.62 bits per heavy atom. The monoisotopic (exact) mass is 437 g/mol. The van der Waals surface area contributed by atoms with Crippen LogP contribution in [0.3, 0.4) is 0 Å². The molecular formula is C25H18F3NO3. The van der Waals surface area contributed by atoms with Gasteiger partial charge in [0.25, 0.3) is 11.7 Å². The van der Waals surface area contributed by atoms with Gasteiger partial charge in [-0.15, -0.1) is 0 Å². The van der Waals surface area contributed by atoms with Gasteiger partial charge in [0, 0.05) is 11.6 Å². The minimum absolute atomic E-state index is 0.124. The van der Waals surface area contributed by atoms with Crippen molar-refractivity contribution in [1.29, 1.82) is 0 Å². The van der Waals surface area contributed by atoms with E-state index in [1.807, 2.05) is 0 Å². The molecule has 4 rings (SSSR count). The van der Waals surface area contributed by atoms with Crippen molar-refractivity contribution in [2.75, 3.05) is 4.90 Å². The van der Waals surface area contributed by atoms with E-state index in [2.05, 4.69) is 0 Å². The first kappa shape index (κ1) is 21.4. The predicted molar refractivity (Wildman–Crippen MR) is 113 cm³/mol. The van der Waals surface area contributed by atoms with Crippen molar-refractivity contribution < 1.29 is 27.9 Å². The zero-order chi connectivity index (χ0) is 23.2. The van der Waals surface area contributed by atoms with E-state index in [0.29, 0.717) is 5.56 Å². The van der Waals surface area contributed by atoms with Crippen LogP contribution in [0.25, 0.3) is 5.76 Å². The Morgan fingerprint density at radius 1 is 0.906 bits per heavy atom. The number of aliphatic hydroxyl groups is 1. The molecule has 1 aliphatic rings. The first-order chi connectivity index (χ1) is 15.2. The highest BCUT2D eigenvalue weighted by molar-refractivity contribution is 6.51. The van der Waals surface area contributed by atoms with Gasteiger partial charge >= 0.3 is 0 Å². The first-order valence-corrected chi connectivity index (χ1v) is 9.78. The maximum Gasteiger partial charge on any atom is 0.300 e. The van der Waals surface area contributed by atoms with Gasteiger partial charge in [0.05, 0.1) is 17.3 Å². The highest BCUT2D eigenvalue weighted by Crippen LogP contribution is 2.43. The van der Waals surface area contributed by atoms with Gasteiger partial charge in [-0.05, 0) is 55.3 Å². The number of aliphatic hydroxyl groups excluding tert-OH is 1. The Labute approximate surface area is 182 Å². The molecule has 0 aliphatic carbocycles. The molecule has 1 N–H and O–H groups in total. The summed E-state index contributed by atoms with van der Waals surface area (Å²) in [7, 11) is 0. The molecule has 32 heavy (non-hydrogen) atoms. The van der Waals surface area contributed by atoms with Crippen LogP contribution >= 0.6 is 0 Å². The number of nitrogens with zero attached hydrogens (tertiary/aromatic N) is 1. The van der Waals surface area contributed by atoms with E-state index in [1.54, 1.807) is 31.2 Å². The van der Waals surface area contributed by atoms with E-state index >= 15 is 0 Å². The zero-order valence-corrected chi connectivity index (χ0v) is 17.2. The number of hydrogen-bond acceptors (Lipinski definition) is 3. The Balaban J connectivity index is 2.00. The molecule has 7 heteroatoms. The van der Waals surface area contributed by atoms with Gasteiger partial charge in [-0.25, -0.2) is 13.2 Å². The molecule has 0 spiro atoms. The molecule has 0 bridgehead atoms. The molecule has 0 radical (unpaired) electrons. The van der Waals surface area contributed by atoms with Gasteiger partial charge < -0.3 is 5.11 Å². The summed E-state index contributed by atoms with van der Waals surface area (Å²) in [6, 6.07) is 11.9. The molecular weight excluding hydrogens is 419 g/mol. The van der Waals surface area contributed by atoms with Gasteiger partial charge in [-0.2, -0.15) is 0 Å². The van der Waals surface area contributed by atoms with Crippen LogP contribution in [0.15, 0.2) is 66.2 Å². The lowest BCUT2D eigenvalue weighted by molar-refractivity contribution is -0.132. The van der Waals surface area contributed by atoms with Crippen LogP contribution in [0.1, 0.15) is 28.3 Å². The lowest BCUT2D eigenvalue weighted by Gasteiger charge is -2.26. The van der Waals surface area contributed by atoms with E-state index in [0.717, 1.165) is 34.7 Å². The number of ketones is 1. The van der Waals surface area contributed by atoms with Gasteiger partial charge in [0.2, 0.25) is 0 Å². The van der Waals surface area contributed by atoms with Crippen LogP contribution in [0, 0.1) is 31.3 Å². The summed E-state index contributed by atoms with van der Waals surface area (Å²) in [4.78, 5) is 26.9. The third-order valence-electron chi connectivity index (χ3n) is 5.40. The Kier molecular flexibility index (Phi) is 5.34. The van der Waals surface area contributed by atoms with Crippen LogP contribution in [-0.4, -0.2) is 16.8 Å². The summed E-state index contributed by atoms with van der Waals surface area (Å²) in [5.41, 5.74) is 0.854. The Morgan fingerprint density at radius 3 is 2.31 bits per heavy atom. The number of Topliss-reactive ketones (excluding diaryl/α,β-unsaturated/α-hetero) is 1. The number of aryl methyl sites for hydroxylation is 2. The molecule has 1 atom stereocenters. The average Bonchev–Trinajstić information content (AvgIpc) is 3.02. The minimum Gasteiger partial charge on any atom is -0.507 e. The fourth-order valence-corrected chi connectivity index (χ4v) is 3.85. The number of halogens is 3. The fraction of sp³-hybridized carbons (Fsp3) is 0.120. The molecule has 0 aromatic heterocycles. The number of carbonyl (C=O) groups is 2. The van der Waals surface area contributed by atoms with E-state index in [9.17, 15) is 27.9 Å². The lowest BCUT2D eigenvalue weighted by Crippen LogP contribution is -2.30. The number of hydrogen-bond donors (Lipinski definition) is 1. The van der Waals surface area contributed by atoms with Gasteiger partial charge in [-0.3, -0.25) is 14.5 Å². The van der Waals surface area contributed by atoms with Crippen molar-refractivity contribution in [2.45, 2.75) is 19.9 Å². The highest BCUT2D eigenvalue weighted by Gasteiger charge is 2.47. The molecule has 3 aromatic carbocycles. The third kappa shape index (κ3) is 3.56. The molecule has 162 valence electrons. The molecule has 1 heterocycles. The van der Waals surface area contributed by atoms with Crippen molar-refractivity contribution >= 4 is 23.1 Å². The number of benzene rings is 3. The predicted octanol–water partition coefficient (Wildman–Crippen LogP) is 5.35. The second kappa shape index (κ2) is 8.00. The van der Waals surface area contributed by atoms with Crippen molar-refractivity contribution in [3.8, 4) is 0 Å². The quantitative estimate of drug-likeness (QED) is 0.342. The van der Waals surface area contributed by atoms with Crippen LogP contribution in [0.5, 0.6) is 0 Å². The standard InChI is InChI=1S/C25H18F3NO3/c1-13-4-3-5-15(10-13)22-21(23(30)16-6-8-18(27)14(2)11-16)24(31)25(32)29(22)20-12-17(26)7-9-19(20)28/h3-12,22,30H,1-2H3/b23-21+. The molecule has 1 saturated heterocycles. The van der Waals surface area contributed by atoms with E-state index in [4.69, 9.17) is 0 Å². The molecule has 1 aliphatic heterocycles. The number of rotatable bonds is 3. The second-order valence-corrected chi connectivity index (χ2v) is 7.64. The number of anilines is 1. The lowest BCUT2D eigenvalue weighted by atomic mass is 9.94. The topological polar surface area (TPSA) is 57.6 Å². The Hall–Kier alpha value is -3.87. The molecule has 1 unspecified atom stereocenters. The SMILES string of the molecule is Cc1cccc(C2/C(=C(\O)c3ccc(F)c(C)c3)C(=O)C(=O)N2c2cc(F)ccc2F)c1. The fourth-order valence-electron chi connectivity index (χ4n) is 3.85. The van der Waals surface area contributed by atoms with Gasteiger partial charge in [0.15, 0.2) is 0 Å². The smallest absolute Gasteiger partial charge is 0.300 e. The maximum atomic E-state index is 14.6. The Bertz CT molecular complexity index is 1300. The zero-order valence-electron chi connectivity index (χ0n) is 17.2. The molecule has 0 saturated carbocycles. The van der Waals surface area contributed by atoms with Crippen molar-refractivity contribution in [3.63, 3.8) is 0 Å². The number of amides is 1. The van der Waals surface area contributed by atoms with Gasteiger partial charge in [0.1, 0.15) is 23.2 Å². The van der Waals surface area contributed by atoms with Crippen molar-refractivity contribution in [2.24, 2.45) is 0 Å². The van der Waals surface area contributed by atoms with Gasteiger partial charge in [-0.1, -0.05) is 29.8 Å².